The Morgan fingerprint density at radius 3 is 2.75 bits per heavy atom. The molecule has 0 aliphatic rings. The molecule has 0 bridgehead atoms. The summed E-state index contributed by atoms with van der Waals surface area (Å²) in [4.78, 5) is 0. The topological polar surface area (TPSA) is 47.6 Å². The minimum Gasteiger partial charge on any atom is -0.198 e. The first-order valence-corrected chi connectivity index (χ1v) is 4.22. The molecule has 0 rings (SSSR count). The number of nitriles is 2. The van der Waals surface area contributed by atoms with Crippen molar-refractivity contribution in [2.75, 3.05) is 0 Å². The standard InChI is InChI=1S/C10H14N2/c1-10(6-2-4-8-11)7-3-5-9-12/h2,4,10H,3,5-7H2,1H3/t10-/m0/s1. The van der Waals surface area contributed by atoms with Crippen molar-refractivity contribution in [3.63, 3.8) is 0 Å². The van der Waals surface area contributed by atoms with Crippen LogP contribution in [0.2, 0.25) is 0 Å². The molecule has 64 valence electrons. The second-order valence-electron chi connectivity index (χ2n) is 2.92. The Morgan fingerprint density at radius 1 is 1.42 bits per heavy atom. The quantitative estimate of drug-likeness (QED) is 0.461. The van der Waals surface area contributed by atoms with Crippen LogP contribution in [0.5, 0.6) is 0 Å². The molecule has 12 heavy (non-hydrogen) atoms. The number of hydrogen-bond acceptors (Lipinski definition) is 2. The van der Waals surface area contributed by atoms with Crippen molar-refractivity contribution in [2.24, 2.45) is 5.92 Å². The summed E-state index contributed by atoms with van der Waals surface area (Å²) in [6, 6.07) is 4.08. The van der Waals surface area contributed by atoms with Crippen LogP contribution in [0.15, 0.2) is 12.2 Å². The summed E-state index contributed by atoms with van der Waals surface area (Å²) < 4.78 is 0. The Kier molecular flexibility index (Phi) is 6.99. The van der Waals surface area contributed by atoms with Gasteiger partial charge in [0.1, 0.15) is 0 Å². The van der Waals surface area contributed by atoms with E-state index in [0.29, 0.717) is 12.3 Å². The largest absolute Gasteiger partial charge is 0.198 e. The molecule has 1 atom stereocenters. The van der Waals surface area contributed by atoms with Crippen LogP contribution in [0, 0.1) is 28.6 Å². The number of unbranched alkanes of at least 4 members (excludes halogenated alkanes) is 1. The molecule has 0 aromatic heterocycles. The van der Waals surface area contributed by atoms with Crippen molar-refractivity contribution < 1.29 is 0 Å². The van der Waals surface area contributed by atoms with Gasteiger partial charge in [-0.2, -0.15) is 10.5 Å². The van der Waals surface area contributed by atoms with Gasteiger partial charge in [-0.3, -0.25) is 0 Å². The normalized spacial score (nSPS) is 12.2. The highest BCUT2D eigenvalue weighted by atomic mass is 14.2. The van der Waals surface area contributed by atoms with Crippen molar-refractivity contribution in [1.29, 1.82) is 10.5 Å². The van der Waals surface area contributed by atoms with Crippen LogP contribution in [0.25, 0.3) is 0 Å². The number of rotatable bonds is 5. The summed E-state index contributed by atoms with van der Waals surface area (Å²) in [6.45, 7) is 2.14. The first kappa shape index (κ1) is 10.7. The second-order valence-corrected chi connectivity index (χ2v) is 2.92. The summed E-state index contributed by atoms with van der Waals surface area (Å²) in [6.07, 6.45) is 7.03. The van der Waals surface area contributed by atoms with Crippen LogP contribution in [0.3, 0.4) is 0 Å². The van der Waals surface area contributed by atoms with Gasteiger partial charge in [0, 0.05) is 12.5 Å². The van der Waals surface area contributed by atoms with Gasteiger partial charge < -0.3 is 0 Å². The molecule has 0 aliphatic heterocycles. The van der Waals surface area contributed by atoms with E-state index >= 15 is 0 Å². The minimum atomic E-state index is 0.586. The Bertz CT molecular complexity index is 205. The zero-order valence-corrected chi connectivity index (χ0v) is 7.45. The van der Waals surface area contributed by atoms with Gasteiger partial charge in [0.2, 0.25) is 0 Å². The molecule has 0 spiro atoms. The van der Waals surface area contributed by atoms with E-state index in [0.717, 1.165) is 19.3 Å². The van der Waals surface area contributed by atoms with Crippen LogP contribution in [0.4, 0.5) is 0 Å². The fourth-order valence-corrected chi connectivity index (χ4v) is 1.00. The van der Waals surface area contributed by atoms with Crippen LogP contribution in [-0.4, -0.2) is 0 Å². The molecule has 0 unspecified atom stereocenters. The van der Waals surface area contributed by atoms with E-state index in [4.69, 9.17) is 10.5 Å². The van der Waals surface area contributed by atoms with Crippen molar-refractivity contribution >= 4 is 0 Å². The lowest BCUT2D eigenvalue weighted by Crippen LogP contribution is -1.91. The van der Waals surface area contributed by atoms with E-state index < -0.39 is 0 Å². The molecule has 0 radical (unpaired) electrons. The van der Waals surface area contributed by atoms with Gasteiger partial charge in [0.25, 0.3) is 0 Å². The smallest absolute Gasteiger partial charge is 0.0908 e. The van der Waals surface area contributed by atoms with Gasteiger partial charge >= 0.3 is 0 Å². The third-order valence-electron chi connectivity index (χ3n) is 1.72. The Labute approximate surface area is 74.1 Å². The summed E-state index contributed by atoms with van der Waals surface area (Å²) in [5.41, 5.74) is 0. The third-order valence-corrected chi connectivity index (χ3v) is 1.72. The zero-order valence-electron chi connectivity index (χ0n) is 7.45. The van der Waals surface area contributed by atoms with Crippen LogP contribution in [0.1, 0.15) is 32.6 Å². The molecule has 2 heteroatoms. The molecule has 0 saturated heterocycles. The van der Waals surface area contributed by atoms with Crippen LogP contribution < -0.4 is 0 Å². The van der Waals surface area contributed by atoms with Gasteiger partial charge in [0.05, 0.1) is 12.1 Å². The molecule has 0 aliphatic carbocycles. The summed E-state index contributed by atoms with van der Waals surface area (Å²) in [5.74, 6) is 0.586. The Balaban J connectivity index is 3.36. The average molecular weight is 162 g/mol. The highest BCUT2D eigenvalue weighted by Crippen LogP contribution is 2.11. The predicted molar refractivity (Wildman–Crippen MR) is 48.0 cm³/mol. The minimum absolute atomic E-state index is 0.586. The van der Waals surface area contributed by atoms with Gasteiger partial charge in [-0.15, -0.1) is 0 Å². The van der Waals surface area contributed by atoms with Crippen LogP contribution in [-0.2, 0) is 0 Å². The maximum absolute atomic E-state index is 8.29. The van der Waals surface area contributed by atoms with Crippen molar-refractivity contribution in [3.05, 3.63) is 12.2 Å². The zero-order chi connectivity index (χ0) is 9.23. The molecular weight excluding hydrogens is 148 g/mol. The summed E-state index contributed by atoms with van der Waals surface area (Å²) in [7, 11) is 0. The fourth-order valence-electron chi connectivity index (χ4n) is 1.00. The first-order valence-electron chi connectivity index (χ1n) is 4.22. The van der Waals surface area contributed by atoms with Crippen molar-refractivity contribution in [2.45, 2.75) is 32.6 Å². The lowest BCUT2D eigenvalue weighted by molar-refractivity contribution is 0.521. The predicted octanol–water partition coefficient (Wildman–Crippen LogP) is 2.79. The van der Waals surface area contributed by atoms with E-state index in [1.807, 2.05) is 12.1 Å². The van der Waals surface area contributed by atoms with E-state index in [-0.39, 0.29) is 0 Å². The SMILES string of the molecule is C[C@@H](CC=CC#N)CCCC#N. The number of allylic oxidation sites excluding steroid dienone is 2. The first-order chi connectivity index (χ1) is 5.81. The van der Waals surface area contributed by atoms with E-state index in [1.165, 1.54) is 6.08 Å². The molecule has 0 fully saturated rings. The maximum Gasteiger partial charge on any atom is 0.0908 e. The van der Waals surface area contributed by atoms with Crippen molar-refractivity contribution in [3.8, 4) is 12.1 Å². The van der Waals surface area contributed by atoms with E-state index in [2.05, 4.69) is 13.0 Å². The molecule has 0 aromatic carbocycles. The third kappa shape index (κ3) is 6.83. The Hall–Kier alpha value is -1.28. The average Bonchev–Trinajstić information content (AvgIpc) is 2.06. The molecule has 0 saturated carbocycles. The fraction of sp³-hybridized carbons (Fsp3) is 0.600. The number of nitrogens with zero attached hydrogens (tertiary/aromatic N) is 2. The monoisotopic (exact) mass is 162 g/mol. The van der Waals surface area contributed by atoms with Gasteiger partial charge in [0.15, 0.2) is 0 Å². The Morgan fingerprint density at radius 2 is 2.17 bits per heavy atom. The van der Waals surface area contributed by atoms with Crippen molar-refractivity contribution in [1.82, 2.24) is 0 Å². The molecule has 0 amide bonds. The number of hydrogen-bond donors (Lipinski definition) is 0. The van der Waals surface area contributed by atoms with Gasteiger partial charge in [-0.1, -0.05) is 13.0 Å². The molecule has 2 nitrogen and oxygen atoms in total. The summed E-state index contributed by atoms with van der Waals surface area (Å²) >= 11 is 0. The van der Waals surface area contributed by atoms with E-state index in [9.17, 15) is 0 Å². The van der Waals surface area contributed by atoms with Gasteiger partial charge in [-0.05, 0) is 25.2 Å². The van der Waals surface area contributed by atoms with E-state index in [1.54, 1.807) is 0 Å². The highest BCUT2D eigenvalue weighted by molar-refractivity contribution is 5.01. The second kappa shape index (κ2) is 7.82. The lowest BCUT2D eigenvalue weighted by atomic mass is 10.0. The lowest BCUT2D eigenvalue weighted by Gasteiger charge is -2.04. The molecule has 0 N–H and O–H groups in total. The highest BCUT2D eigenvalue weighted by Gasteiger charge is 1.98. The molecule has 0 heterocycles. The molecular formula is C10H14N2. The van der Waals surface area contributed by atoms with Crippen LogP contribution >= 0.6 is 0 Å². The van der Waals surface area contributed by atoms with Gasteiger partial charge in [-0.25, -0.2) is 0 Å². The molecule has 0 aromatic rings. The maximum atomic E-state index is 8.29. The summed E-state index contributed by atoms with van der Waals surface area (Å²) in [5, 5.41) is 16.5.